The second kappa shape index (κ2) is 4.61. The van der Waals surface area contributed by atoms with E-state index in [1.54, 1.807) is 0 Å². The van der Waals surface area contributed by atoms with Crippen LogP contribution in [0, 0.1) is 11.6 Å². The number of ether oxygens (including phenoxy) is 1. The SMILES string of the molecule is COc1c(N2CCNCC2)ncc(F)c1F. The Hall–Kier alpha value is -1.43. The van der Waals surface area contributed by atoms with E-state index in [1.807, 2.05) is 4.90 Å². The van der Waals surface area contributed by atoms with Gasteiger partial charge < -0.3 is 15.0 Å². The summed E-state index contributed by atoms with van der Waals surface area (Å²) in [5, 5.41) is 3.17. The topological polar surface area (TPSA) is 37.4 Å². The number of rotatable bonds is 2. The fraction of sp³-hybridized carbons (Fsp3) is 0.500. The molecule has 0 spiro atoms. The standard InChI is InChI=1S/C10H13F2N3O/c1-16-9-8(12)7(11)6-14-10(9)15-4-2-13-3-5-15/h6,13H,2-5H2,1H3. The summed E-state index contributed by atoms with van der Waals surface area (Å²) in [5.41, 5.74) is 0. The van der Waals surface area contributed by atoms with Crippen LogP contribution in [0.3, 0.4) is 0 Å². The monoisotopic (exact) mass is 229 g/mol. The average molecular weight is 229 g/mol. The summed E-state index contributed by atoms with van der Waals surface area (Å²) in [6.45, 7) is 3.00. The summed E-state index contributed by atoms with van der Waals surface area (Å²) < 4.78 is 31.3. The molecular weight excluding hydrogens is 216 g/mol. The van der Waals surface area contributed by atoms with Crippen molar-refractivity contribution < 1.29 is 13.5 Å². The molecule has 88 valence electrons. The van der Waals surface area contributed by atoms with Gasteiger partial charge in [0.2, 0.25) is 11.6 Å². The van der Waals surface area contributed by atoms with Crippen molar-refractivity contribution in [1.82, 2.24) is 10.3 Å². The number of nitrogens with zero attached hydrogens (tertiary/aromatic N) is 2. The fourth-order valence-electron chi connectivity index (χ4n) is 1.72. The molecule has 1 aromatic heterocycles. The van der Waals surface area contributed by atoms with Crippen molar-refractivity contribution in [2.24, 2.45) is 0 Å². The summed E-state index contributed by atoms with van der Waals surface area (Å²) in [7, 11) is 1.31. The number of halogens is 2. The molecule has 2 heterocycles. The van der Waals surface area contributed by atoms with E-state index in [-0.39, 0.29) is 5.75 Å². The Morgan fingerprint density at radius 3 is 2.69 bits per heavy atom. The minimum absolute atomic E-state index is 0.123. The van der Waals surface area contributed by atoms with Gasteiger partial charge in [-0.25, -0.2) is 9.37 Å². The first-order chi connectivity index (χ1) is 7.74. The second-order valence-corrected chi connectivity index (χ2v) is 3.51. The van der Waals surface area contributed by atoms with Crippen LogP contribution in [-0.4, -0.2) is 38.3 Å². The number of hydrogen-bond donors (Lipinski definition) is 1. The van der Waals surface area contributed by atoms with Crippen molar-refractivity contribution in [3.63, 3.8) is 0 Å². The van der Waals surface area contributed by atoms with Gasteiger partial charge in [0.15, 0.2) is 11.6 Å². The third-order valence-corrected chi connectivity index (χ3v) is 2.53. The number of pyridine rings is 1. The maximum Gasteiger partial charge on any atom is 0.206 e. The quantitative estimate of drug-likeness (QED) is 0.813. The van der Waals surface area contributed by atoms with Gasteiger partial charge in [0.1, 0.15) is 0 Å². The molecule has 0 amide bonds. The molecule has 16 heavy (non-hydrogen) atoms. The predicted octanol–water partition coefficient (Wildman–Crippen LogP) is 0.778. The van der Waals surface area contributed by atoms with Crippen LogP contribution in [-0.2, 0) is 0 Å². The second-order valence-electron chi connectivity index (χ2n) is 3.51. The molecule has 0 atom stereocenters. The smallest absolute Gasteiger partial charge is 0.206 e. The van der Waals surface area contributed by atoms with E-state index < -0.39 is 11.6 Å². The van der Waals surface area contributed by atoms with Crippen LogP contribution < -0.4 is 15.0 Å². The first kappa shape index (κ1) is 11.1. The van der Waals surface area contributed by atoms with E-state index in [4.69, 9.17) is 4.74 Å². The molecule has 0 saturated carbocycles. The lowest BCUT2D eigenvalue weighted by Gasteiger charge is -2.29. The van der Waals surface area contributed by atoms with Gasteiger partial charge in [-0.1, -0.05) is 0 Å². The fourth-order valence-corrected chi connectivity index (χ4v) is 1.72. The van der Waals surface area contributed by atoms with Gasteiger partial charge in [-0.2, -0.15) is 4.39 Å². The zero-order valence-electron chi connectivity index (χ0n) is 8.96. The van der Waals surface area contributed by atoms with Gasteiger partial charge in [-0.05, 0) is 0 Å². The van der Waals surface area contributed by atoms with Crippen molar-refractivity contribution in [1.29, 1.82) is 0 Å². The number of methoxy groups -OCH3 is 1. The summed E-state index contributed by atoms with van der Waals surface area (Å²) in [6, 6.07) is 0. The Labute approximate surface area is 92.2 Å². The molecule has 1 aliphatic heterocycles. The normalized spacial score (nSPS) is 16.3. The molecule has 2 rings (SSSR count). The third-order valence-electron chi connectivity index (χ3n) is 2.53. The highest BCUT2D eigenvalue weighted by Crippen LogP contribution is 2.30. The van der Waals surface area contributed by atoms with Gasteiger partial charge in [-0.15, -0.1) is 0 Å². The number of nitrogens with one attached hydrogen (secondary N) is 1. The van der Waals surface area contributed by atoms with Crippen molar-refractivity contribution in [3.8, 4) is 5.75 Å². The highest BCUT2D eigenvalue weighted by atomic mass is 19.2. The highest BCUT2D eigenvalue weighted by molar-refractivity contribution is 5.53. The Morgan fingerprint density at radius 1 is 1.38 bits per heavy atom. The largest absolute Gasteiger partial charge is 0.490 e. The maximum atomic E-state index is 13.4. The maximum absolute atomic E-state index is 13.4. The van der Waals surface area contributed by atoms with E-state index in [0.29, 0.717) is 18.9 Å². The van der Waals surface area contributed by atoms with Crippen LogP contribution >= 0.6 is 0 Å². The van der Waals surface area contributed by atoms with E-state index in [1.165, 1.54) is 7.11 Å². The Bertz CT molecular complexity index is 381. The minimum Gasteiger partial charge on any atom is -0.490 e. The number of aromatic nitrogens is 1. The number of piperazine rings is 1. The van der Waals surface area contributed by atoms with Crippen LogP contribution in [0.25, 0.3) is 0 Å². The lowest BCUT2D eigenvalue weighted by molar-refractivity contribution is 0.367. The van der Waals surface area contributed by atoms with E-state index in [0.717, 1.165) is 19.3 Å². The molecule has 4 nitrogen and oxygen atoms in total. The van der Waals surface area contributed by atoms with Crippen LogP contribution in [0.1, 0.15) is 0 Å². The number of hydrogen-bond acceptors (Lipinski definition) is 4. The number of anilines is 1. The third kappa shape index (κ3) is 1.92. The minimum atomic E-state index is -0.990. The lowest BCUT2D eigenvalue weighted by Crippen LogP contribution is -2.44. The van der Waals surface area contributed by atoms with Gasteiger partial charge in [0.05, 0.1) is 13.3 Å². The Morgan fingerprint density at radius 2 is 2.06 bits per heavy atom. The first-order valence-electron chi connectivity index (χ1n) is 5.07. The Kier molecular flexibility index (Phi) is 3.19. The molecule has 0 radical (unpaired) electrons. The van der Waals surface area contributed by atoms with Crippen LogP contribution in [0.5, 0.6) is 5.75 Å². The predicted molar refractivity (Wildman–Crippen MR) is 55.8 cm³/mol. The van der Waals surface area contributed by atoms with Crippen LogP contribution in [0.4, 0.5) is 14.6 Å². The average Bonchev–Trinajstić information content (AvgIpc) is 2.33. The zero-order valence-corrected chi connectivity index (χ0v) is 8.96. The molecule has 1 N–H and O–H groups in total. The molecule has 1 aliphatic rings. The van der Waals surface area contributed by atoms with E-state index in [9.17, 15) is 8.78 Å². The molecule has 0 aliphatic carbocycles. The molecule has 6 heteroatoms. The highest BCUT2D eigenvalue weighted by Gasteiger charge is 2.21. The zero-order chi connectivity index (χ0) is 11.5. The summed E-state index contributed by atoms with van der Waals surface area (Å²) in [5.74, 6) is -1.73. The molecule has 0 bridgehead atoms. The first-order valence-corrected chi connectivity index (χ1v) is 5.07. The molecule has 1 aromatic rings. The van der Waals surface area contributed by atoms with Crippen molar-refractivity contribution in [3.05, 3.63) is 17.8 Å². The Balaban J connectivity index is 2.35. The van der Waals surface area contributed by atoms with Gasteiger partial charge in [0.25, 0.3) is 0 Å². The van der Waals surface area contributed by atoms with E-state index in [2.05, 4.69) is 10.3 Å². The van der Waals surface area contributed by atoms with Crippen molar-refractivity contribution in [2.75, 3.05) is 38.2 Å². The van der Waals surface area contributed by atoms with Gasteiger partial charge in [0, 0.05) is 26.2 Å². The van der Waals surface area contributed by atoms with E-state index >= 15 is 0 Å². The molecule has 0 aromatic carbocycles. The van der Waals surface area contributed by atoms with Crippen LogP contribution in [0.15, 0.2) is 6.20 Å². The van der Waals surface area contributed by atoms with Crippen LogP contribution in [0.2, 0.25) is 0 Å². The molecular formula is C10H13F2N3O. The molecule has 0 unspecified atom stereocenters. The lowest BCUT2D eigenvalue weighted by atomic mass is 10.3. The molecule has 1 fully saturated rings. The summed E-state index contributed by atoms with van der Waals surface area (Å²) in [4.78, 5) is 5.76. The van der Waals surface area contributed by atoms with Gasteiger partial charge >= 0.3 is 0 Å². The van der Waals surface area contributed by atoms with Gasteiger partial charge in [-0.3, -0.25) is 0 Å². The summed E-state index contributed by atoms with van der Waals surface area (Å²) in [6.07, 6.45) is 0.884. The van der Waals surface area contributed by atoms with Crippen molar-refractivity contribution in [2.45, 2.75) is 0 Å². The summed E-state index contributed by atoms with van der Waals surface area (Å²) >= 11 is 0. The van der Waals surface area contributed by atoms with Crippen molar-refractivity contribution >= 4 is 5.82 Å². The molecule has 1 saturated heterocycles.